The first kappa shape index (κ1) is 66.7. The summed E-state index contributed by atoms with van der Waals surface area (Å²) < 4.78 is 39.4. The zero-order valence-electron chi connectivity index (χ0n) is 44.2. The molecule has 0 heterocycles. The summed E-state index contributed by atoms with van der Waals surface area (Å²) in [6.07, 6.45) is 58.3. The first-order chi connectivity index (χ1) is 34.2. The van der Waals surface area contributed by atoms with Gasteiger partial charge in [0, 0.05) is 19.3 Å². The van der Waals surface area contributed by atoms with E-state index in [9.17, 15) is 28.9 Å². The van der Waals surface area contributed by atoms with Crippen molar-refractivity contribution >= 4 is 25.7 Å². The number of allylic oxidation sites excluding steroid dienone is 14. The third kappa shape index (κ3) is 49.6. The van der Waals surface area contributed by atoms with Crippen molar-refractivity contribution in [2.75, 3.05) is 26.4 Å². The Hall–Kier alpha value is -3.34. The number of unbranched alkanes of at least 4 members (excludes halogenated alkanes) is 19. The summed E-state index contributed by atoms with van der Waals surface area (Å²) in [7, 11) is -4.76. The quantitative estimate of drug-likeness (QED) is 0.0197. The number of rotatable bonds is 50. The fraction of sp³-hybridized carbons (Fsp3) is 0.707. The van der Waals surface area contributed by atoms with Crippen LogP contribution in [0.3, 0.4) is 0 Å². The number of hydrogen-bond acceptors (Lipinski definition) is 10. The molecule has 0 spiro atoms. The molecule has 3 unspecified atom stereocenters. The van der Waals surface area contributed by atoms with Crippen LogP contribution in [0.1, 0.15) is 226 Å². The van der Waals surface area contributed by atoms with Gasteiger partial charge in [-0.25, -0.2) is 4.57 Å². The van der Waals surface area contributed by atoms with Gasteiger partial charge in [-0.2, -0.15) is 0 Å². The van der Waals surface area contributed by atoms with Gasteiger partial charge in [0.25, 0.3) is 0 Å². The van der Waals surface area contributed by atoms with Crippen molar-refractivity contribution in [2.24, 2.45) is 0 Å². The molecule has 0 saturated carbocycles. The molecule has 2 N–H and O–H groups in total. The highest BCUT2D eigenvalue weighted by molar-refractivity contribution is 7.47. The van der Waals surface area contributed by atoms with Crippen LogP contribution in [0.25, 0.3) is 0 Å². The van der Waals surface area contributed by atoms with Crippen LogP contribution in [0.2, 0.25) is 0 Å². The summed E-state index contributed by atoms with van der Waals surface area (Å²) in [5, 5.41) is 9.78. The van der Waals surface area contributed by atoms with Crippen LogP contribution in [0.4, 0.5) is 0 Å². The number of aliphatic hydroxyl groups excluding tert-OH is 1. The smallest absolute Gasteiger partial charge is 0.462 e. The minimum absolute atomic E-state index is 0.139. The lowest BCUT2D eigenvalue weighted by Crippen LogP contribution is -2.30. The Kier molecular flexibility index (Phi) is 49.5. The summed E-state index contributed by atoms with van der Waals surface area (Å²) >= 11 is 0. The maximum absolute atomic E-state index is 12.9. The predicted octanol–water partition coefficient (Wildman–Crippen LogP) is 15.9. The molecule has 11 nitrogen and oxygen atoms in total. The number of phosphoric ester groups is 1. The maximum Gasteiger partial charge on any atom is 0.472 e. The molecule has 3 atom stereocenters. The lowest BCUT2D eigenvalue weighted by atomic mass is 10.1. The number of aliphatic hydroxyl groups is 1. The predicted molar refractivity (Wildman–Crippen MR) is 288 cm³/mol. The van der Waals surface area contributed by atoms with Gasteiger partial charge in [-0.05, 0) is 89.9 Å². The zero-order valence-corrected chi connectivity index (χ0v) is 45.1. The van der Waals surface area contributed by atoms with Gasteiger partial charge in [0.1, 0.15) is 12.7 Å². The number of carbonyl (C=O) groups is 3. The molecule has 0 saturated heterocycles. The van der Waals surface area contributed by atoms with Crippen LogP contribution >= 0.6 is 7.82 Å². The van der Waals surface area contributed by atoms with Crippen molar-refractivity contribution in [2.45, 2.75) is 238 Å². The lowest BCUT2D eigenvalue weighted by molar-refractivity contribution is -0.161. The first-order valence-corrected chi connectivity index (χ1v) is 29.0. The van der Waals surface area contributed by atoms with Gasteiger partial charge in [0.15, 0.2) is 6.10 Å². The first-order valence-electron chi connectivity index (χ1n) is 27.5. The Morgan fingerprint density at radius 2 is 0.743 bits per heavy atom. The van der Waals surface area contributed by atoms with Crippen molar-refractivity contribution in [1.29, 1.82) is 0 Å². The van der Waals surface area contributed by atoms with Gasteiger partial charge >= 0.3 is 25.7 Å². The SMILES string of the molecule is CC/C=C\C/C=C\C/C=C\C/C=C\CCCCCCCCC(=O)OC(COC(=O)CCCCCCCCCCCCC)COP(=O)(O)OCC(CO)OC(=O)CCCCC/C=C\C/C=C\C/C=C\CC. The fourth-order valence-electron chi connectivity index (χ4n) is 7.18. The van der Waals surface area contributed by atoms with E-state index < -0.39 is 57.8 Å². The van der Waals surface area contributed by atoms with Gasteiger partial charge in [0.2, 0.25) is 0 Å². The average Bonchev–Trinajstić information content (AvgIpc) is 3.35. The minimum atomic E-state index is -4.76. The van der Waals surface area contributed by atoms with Crippen molar-refractivity contribution < 1.29 is 52.2 Å². The van der Waals surface area contributed by atoms with Crippen molar-refractivity contribution in [3.8, 4) is 0 Å². The van der Waals surface area contributed by atoms with Crippen molar-refractivity contribution in [3.63, 3.8) is 0 Å². The number of phosphoric acid groups is 1. The third-order valence-electron chi connectivity index (χ3n) is 11.3. The topological polar surface area (TPSA) is 155 Å². The standard InChI is InChI=1S/C58H99O11P/c1-4-7-10-13-16-19-22-24-25-26-27-28-29-31-34-37-40-43-46-49-58(62)69-55(51-65-56(60)47-44-41-38-35-32-21-18-15-12-9-6-3)53-67-70(63,64)66-52-54(50-59)68-57(61)48-45-42-39-36-33-30-23-20-17-14-11-8-5-2/h7-8,10-11,16-17,19-20,24-25,27-28,30,33,54-55,59H,4-6,9,12-15,18,21-23,26,29,31-32,34-53H2,1-3H3,(H,63,64)/b10-7-,11-8-,19-16-,20-17-,25-24-,28-27-,33-30-. The molecule has 12 heteroatoms. The highest BCUT2D eigenvalue weighted by atomic mass is 31.2. The Balaban J connectivity index is 4.76. The van der Waals surface area contributed by atoms with E-state index >= 15 is 0 Å². The molecule has 402 valence electrons. The normalized spacial score (nSPS) is 14.1. The summed E-state index contributed by atoms with van der Waals surface area (Å²) in [5.41, 5.74) is 0. The van der Waals surface area contributed by atoms with Crippen LogP contribution in [-0.2, 0) is 42.2 Å². The van der Waals surface area contributed by atoms with Crippen LogP contribution in [0.15, 0.2) is 85.1 Å². The van der Waals surface area contributed by atoms with Crippen LogP contribution in [0, 0.1) is 0 Å². The van der Waals surface area contributed by atoms with E-state index in [1.54, 1.807) is 0 Å². The van der Waals surface area contributed by atoms with E-state index in [0.29, 0.717) is 19.3 Å². The van der Waals surface area contributed by atoms with Crippen molar-refractivity contribution in [1.82, 2.24) is 0 Å². The number of carbonyl (C=O) groups excluding carboxylic acids is 3. The zero-order chi connectivity index (χ0) is 51.3. The molecule has 0 aliphatic rings. The van der Waals surface area contributed by atoms with Crippen LogP contribution < -0.4 is 0 Å². The van der Waals surface area contributed by atoms with E-state index in [4.69, 9.17) is 23.3 Å². The van der Waals surface area contributed by atoms with Gasteiger partial charge in [0.05, 0.1) is 19.8 Å². The monoisotopic (exact) mass is 1000 g/mol. The molecule has 0 aromatic heterocycles. The van der Waals surface area contributed by atoms with E-state index in [0.717, 1.165) is 122 Å². The molecular weight excluding hydrogens is 904 g/mol. The van der Waals surface area contributed by atoms with E-state index in [1.165, 1.54) is 44.9 Å². The van der Waals surface area contributed by atoms with Gasteiger partial charge in [-0.3, -0.25) is 23.4 Å². The van der Waals surface area contributed by atoms with Gasteiger partial charge in [-0.1, -0.05) is 202 Å². The van der Waals surface area contributed by atoms with E-state index in [1.807, 2.05) is 0 Å². The third-order valence-corrected chi connectivity index (χ3v) is 12.3. The molecule has 70 heavy (non-hydrogen) atoms. The Bertz CT molecular complexity index is 1500. The molecular formula is C58H99O11P. The molecule has 0 aliphatic carbocycles. The number of esters is 3. The molecule has 0 bridgehead atoms. The minimum Gasteiger partial charge on any atom is -0.462 e. The molecule has 0 amide bonds. The fourth-order valence-corrected chi connectivity index (χ4v) is 7.97. The Morgan fingerprint density at radius 1 is 0.414 bits per heavy atom. The molecule has 0 aliphatic heterocycles. The molecule has 0 fully saturated rings. The molecule has 0 rings (SSSR count). The second-order valence-corrected chi connectivity index (χ2v) is 19.4. The highest BCUT2D eigenvalue weighted by Gasteiger charge is 2.28. The Labute approximate surface area is 426 Å². The van der Waals surface area contributed by atoms with E-state index in [2.05, 4.69) is 106 Å². The summed E-state index contributed by atoms with van der Waals surface area (Å²) in [4.78, 5) is 48.4. The largest absolute Gasteiger partial charge is 0.472 e. The highest BCUT2D eigenvalue weighted by Crippen LogP contribution is 2.43. The summed E-state index contributed by atoms with van der Waals surface area (Å²) in [5.74, 6) is -1.51. The number of hydrogen-bond donors (Lipinski definition) is 2. The Morgan fingerprint density at radius 3 is 1.16 bits per heavy atom. The second kappa shape index (κ2) is 52.0. The number of ether oxygens (including phenoxy) is 3. The van der Waals surface area contributed by atoms with Crippen molar-refractivity contribution in [3.05, 3.63) is 85.1 Å². The lowest BCUT2D eigenvalue weighted by Gasteiger charge is -2.21. The van der Waals surface area contributed by atoms with Gasteiger partial charge in [-0.15, -0.1) is 0 Å². The average molecular weight is 1000 g/mol. The van der Waals surface area contributed by atoms with Crippen LogP contribution in [-0.4, -0.2) is 66.5 Å². The van der Waals surface area contributed by atoms with E-state index in [-0.39, 0.29) is 25.9 Å². The second-order valence-electron chi connectivity index (χ2n) is 18.0. The molecule has 0 radical (unpaired) electrons. The molecule has 0 aromatic carbocycles. The van der Waals surface area contributed by atoms with Gasteiger partial charge < -0.3 is 24.2 Å². The summed E-state index contributed by atoms with van der Waals surface area (Å²) in [6.45, 7) is 4.35. The molecule has 0 aromatic rings. The van der Waals surface area contributed by atoms with Crippen LogP contribution in [0.5, 0.6) is 0 Å². The maximum atomic E-state index is 12.9. The summed E-state index contributed by atoms with van der Waals surface area (Å²) in [6, 6.07) is 0.